The highest BCUT2D eigenvalue weighted by Gasteiger charge is 2.51. The molecule has 3 fully saturated rings. The molecule has 0 aromatic rings. The second-order valence-electron chi connectivity index (χ2n) is 14.2. The molecule has 5 rings (SSSR count). The van der Waals surface area contributed by atoms with Crippen LogP contribution in [0.3, 0.4) is 0 Å². The van der Waals surface area contributed by atoms with Crippen molar-refractivity contribution in [2.75, 3.05) is 0 Å². The Morgan fingerprint density at radius 3 is 1.77 bits per heavy atom. The van der Waals surface area contributed by atoms with Crippen molar-refractivity contribution in [1.82, 2.24) is 21.3 Å². The summed E-state index contributed by atoms with van der Waals surface area (Å²) in [5.74, 6) is -2.41. The number of nitrogens with one attached hydrogen (secondary N) is 4. The third-order valence-corrected chi connectivity index (χ3v) is 14.2. The molecule has 8 N–H and O–H groups in total. The van der Waals surface area contributed by atoms with Crippen LogP contribution in [-0.2, 0) is 29.8 Å². The molecule has 0 radical (unpaired) electrons. The molecule has 0 amide bonds. The number of carbonyl (C=O) groups is 2. The lowest BCUT2D eigenvalue weighted by atomic mass is 9.81. The molecule has 8 bridgehead atoms. The average Bonchev–Trinajstić information content (AvgIpc) is 3.59. The van der Waals surface area contributed by atoms with Gasteiger partial charge in [0, 0.05) is 61.2 Å². The number of halogens is 2. The number of rotatable bonds is 8. The second kappa shape index (κ2) is 15.5. The summed E-state index contributed by atoms with van der Waals surface area (Å²) >= 11 is 0. The molecule has 276 valence electrons. The minimum Gasteiger partial charge on any atom is -0.481 e. The zero-order chi connectivity index (χ0) is 33.9. The molecule has 0 aliphatic carbocycles. The first-order valence-electron chi connectivity index (χ1n) is 16.2. The van der Waals surface area contributed by atoms with Crippen LogP contribution in [0.25, 0.3) is 0 Å². The topological polar surface area (TPSA) is 231 Å². The van der Waals surface area contributed by atoms with E-state index in [1.54, 1.807) is 13.8 Å². The number of hydrogen-bond acceptors (Lipinski definition) is 10. The maximum atomic E-state index is 12.7. The number of carboxylic acid groups (broad SMARTS) is 2. The predicted octanol–water partition coefficient (Wildman–Crippen LogP) is 2.12. The van der Waals surface area contributed by atoms with Crippen LogP contribution in [0.4, 0.5) is 0 Å². The molecule has 12 atom stereocenters. The summed E-state index contributed by atoms with van der Waals surface area (Å²) in [5, 5.41) is 32.0. The van der Waals surface area contributed by atoms with E-state index in [1.165, 1.54) is 0 Å². The van der Waals surface area contributed by atoms with Crippen LogP contribution in [0, 0.1) is 17.8 Å². The minimum absolute atomic E-state index is 0. The van der Waals surface area contributed by atoms with Gasteiger partial charge in [0.05, 0.1) is 4.91 Å². The third kappa shape index (κ3) is 8.40. The van der Waals surface area contributed by atoms with E-state index < -0.39 is 61.5 Å². The van der Waals surface area contributed by atoms with Crippen LogP contribution in [0.1, 0.15) is 79.1 Å². The van der Waals surface area contributed by atoms with Crippen molar-refractivity contribution in [3.05, 3.63) is 21.6 Å². The van der Waals surface area contributed by atoms with E-state index in [0.717, 1.165) is 11.1 Å². The molecule has 0 aromatic heterocycles. The Kier molecular flexibility index (Phi) is 13.3. The van der Waals surface area contributed by atoms with E-state index in [0.29, 0.717) is 31.3 Å². The molecule has 5 aliphatic heterocycles. The number of hydrogen-bond donors (Lipinski definition) is 8. The molecule has 0 spiro atoms. The molecular weight excluding hydrogens is 711 g/mol. The van der Waals surface area contributed by atoms with Gasteiger partial charge >= 0.3 is 11.9 Å². The SMILES string of the molecule is CC1=C(CCC(=O)O)C2CC3NC(CC4NC(CC5NC(CC1N2)C(C)C5S(=O)(=O)O)C(C)=C4S(=O)(=O)O)C(C)C3CCC(=O)O.Cl.Cl. The van der Waals surface area contributed by atoms with Gasteiger partial charge in [-0.25, -0.2) is 0 Å². The summed E-state index contributed by atoms with van der Waals surface area (Å²) in [7, 11) is -9.11. The van der Waals surface area contributed by atoms with E-state index in [4.69, 9.17) is 0 Å². The van der Waals surface area contributed by atoms with Gasteiger partial charge < -0.3 is 31.5 Å². The van der Waals surface area contributed by atoms with Crippen LogP contribution in [0.5, 0.6) is 0 Å². The van der Waals surface area contributed by atoms with E-state index in [-0.39, 0.29) is 97.4 Å². The van der Waals surface area contributed by atoms with Crippen LogP contribution in [-0.4, -0.2) is 102 Å². The third-order valence-electron chi connectivity index (χ3n) is 11.6. The van der Waals surface area contributed by atoms with Gasteiger partial charge in [0.2, 0.25) is 0 Å². The van der Waals surface area contributed by atoms with Gasteiger partial charge in [0.15, 0.2) is 0 Å². The summed E-state index contributed by atoms with van der Waals surface area (Å²) in [6.45, 7) is 7.39. The fourth-order valence-corrected chi connectivity index (χ4v) is 11.7. The lowest BCUT2D eigenvalue weighted by Gasteiger charge is -2.27. The van der Waals surface area contributed by atoms with Gasteiger partial charge in [-0.15, -0.1) is 24.8 Å². The highest BCUT2D eigenvalue weighted by molar-refractivity contribution is 7.90. The van der Waals surface area contributed by atoms with Crippen LogP contribution in [0.15, 0.2) is 21.6 Å². The summed E-state index contributed by atoms with van der Waals surface area (Å²) in [6, 6.07) is -3.18. The molecule has 0 saturated carbocycles. The highest BCUT2D eigenvalue weighted by Crippen LogP contribution is 2.42. The van der Waals surface area contributed by atoms with Gasteiger partial charge in [0.1, 0.15) is 5.25 Å². The van der Waals surface area contributed by atoms with E-state index in [9.17, 15) is 45.7 Å². The van der Waals surface area contributed by atoms with E-state index >= 15 is 0 Å². The van der Waals surface area contributed by atoms with Crippen molar-refractivity contribution < 1.29 is 45.7 Å². The van der Waals surface area contributed by atoms with Crippen molar-refractivity contribution >= 4 is 57.0 Å². The monoisotopic (exact) mass is 760 g/mol. The van der Waals surface area contributed by atoms with Crippen molar-refractivity contribution in [2.24, 2.45) is 17.8 Å². The maximum absolute atomic E-state index is 12.7. The zero-order valence-corrected chi connectivity index (χ0v) is 30.7. The molecule has 3 saturated heterocycles. The van der Waals surface area contributed by atoms with E-state index in [2.05, 4.69) is 21.3 Å². The Morgan fingerprint density at radius 2 is 1.19 bits per heavy atom. The summed E-state index contributed by atoms with van der Waals surface area (Å²) < 4.78 is 71.5. The first-order chi connectivity index (χ1) is 21.4. The first-order valence-corrected chi connectivity index (χ1v) is 19.1. The highest BCUT2D eigenvalue weighted by atomic mass is 35.5. The Bertz CT molecular complexity index is 1520. The maximum Gasteiger partial charge on any atom is 0.303 e. The Hall–Kier alpha value is -1.34. The number of carboxylic acids is 2. The van der Waals surface area contributed by atoms with Gasteiger partial charge in [0.25, 0.3) is 20.2 Å². The molecule has 18 heteroatoms. The Balaban J connectivity index is 0.00000312. The molecule has 48 heavy (non-hydrogen) atoms. The fraction of sp³-hybridized carbons (Fsp3) is 0.800. The summed E-state index contributed by atoms with van der Waals surface area (Å²) in [6.07, 6.45) is 2.14. The lowest BCUT2D eigenvalue weighted by Crippen LogP contribution is -2.46. The molecular formula is C30H50Cl2N4O10S2. The van der Waals surface area contributed by atoms with Crippen molar-refractivity contribution in [2.45, 2.75) is 133 Å². The number of fused-ring (bicyclic) bond motifs is 8. The smallest absolute Gasteiger partial charge is 0.303 e. The van der Waals surface area contributed by atoms with Crippen molar-refractivity contribution in [3.8, 4) is 0 Å². The molecule has 12 unspecified atom stereocenters. The second-order valence-corrected chi connectivity index (χ2v) is 17.1. The Labute approximate surface area is 295 Å². The van der Waals surface area contributed by atoms with Gasteiger partial charge in [-0.1, -0.05) is 25.0 Å². The van der Waals surface area contributed by atoms with Crippen LogP contribution >= 0.6 is 24.8 Å². The number of aliphatic carboxylic acids is 2. The Morgan fingerprint density at radius 1 is 0.688 bits per heavy atom. The molecule has 5 aliphatic rings. The molecule has 5 heterocycles. The average molecular weight is 762 g/mol. The predicted molar refractivity (Wildman–Crippen MR) is 184 cm³/mol. The molecule has 0 aromatic carbocycles. The van der Waals surface area contributed by atoms with Gasteiger partial charge in [-0.2, -0.15) is 16.8 Å². The molecule has 14 nitrogen and oxygen atoms in total. The van der Waals surface area contributed by atoms with Crippen molar-refractivity contribution in [1.29, 1.82) is 0 Å². The standard InChI is InChI=1S/C30H48N4O10S2.2ClH/c1-13-17(5-7-27(35)36)23-12-24-18(6-8-28(37)38)14(2)20(32-24)10-25-30(46(42,43)44)16(4)22(34-25)11-26-29(45(39,40)41)15(3)21(33-26)9-19(13)31-23;;/h14-15,18-26,29,31-34H,5-12H2,1-4H3,(H,35,36)(H,37,38)(H,39,40,41)(H,42,43,44);2*1H. The normalized spacial score (nSPS) is 38.5. The van der Waals surface area contributed by atoms with Crippen LogP contribution < -0.4 is 21.3 Å². The minimum atomic E-state index is -4.62. The quantitative estimate of drug-likeness (QED) is 0.131. The largest absolute Gasteiger partial charge is 0.481 e. The zero-order valence-electron chi connectivity index (χ0n) is 27.5. The van der Waals surface area contributed by atoms with Gasteiger partial charge in [-0.3, -0.25) is 18.7 Å². The summed E-state index contributed by atoms with van der Waals surface area (Å²) in [4.78, 5) is 23.1. The first kappa shape index (κ1) is 41.1. The lowest BCUT2D eigenvalue weighted by molar-refractivity contribution is -0.138. The van der Waals surface area contributed by atoms with Crippen molar-refractivity contribution in [3.63, 3.8) is 0 Å². The van der Waals surface area contributed by atoms with E-state index in [1.807, 2.05) is 13.8 Å². The summed E-state index contributed by atoms with van der Waals surface area (Å²) in [5.41, 5.74) is 2.39. The van der Waals surface area contributed by atoms with Crippen LogP contribution in [0.2, 0.25) is 0 Å². The fourth-order valence-electron chi connectivity index (χ4n) is 9.32. The van der Waals surface area contributed by atoms with Gasteiger partial charge in [-0.05, 0) is 75.7 Å².